The molecule has 3 amide bonds. The molecular formula is C23H25N5O4. The highest BCUT2D eigenvalue weighted by molar-refractivity contribution is 5.95. The van der Waals surface area contributed by atoms with Crippen molar-refractivity contribution < 1.29 is 18.7 Å². The second kappa shape index (κ2) is 8.62. The zero-order valence-corrected chi connectivity index (χ0v) is 18.1. The Balaban J connectivity index is 1.65. The van der Waals surface area contributed by atoms with Crippen molar-refractivity contribution >= 4 is 29.3 Å². The van der Waals surface area contributed by atoms with Gasteiger partial charge in [0.05, 0.1) is 12.3 Å². The number of aromatic nitrogens is 1. The standard InChI is InChI=1S/C23H25N5O4/c1-13(2)31-18-9-16(8-17(11-18)28-7-6-25-23(28)30)20-12-26-22(32-20)27-19-10-15(21(24)29)5-4-14(19)3/h4-5,8-13H,6-7H2,1-3H3,(H2,24,29)(H,25,30)(H,26,27). The molecule has 1 aliphatic rings. The van der Waals surface area contributed by atoms with E-state index in [1.54, 1.807) is 29.3 Å². The van der Waals surface area contributed by atoms with E-state index in [0.717, 1.165) is 11.1 Å². The Morgan fingerprint density at radius 2 is 2.09 bits per heavy atom. The number of nitrogens with one attached hydrogen (secondary N) is 2. The molecule has 0 spiro atoms. The number of hydrogen-bond donors (Lipinski definition) is 3. The van der Waals surface area contributed by atoms with Gasteiger partial charge in [0.1, 0.15) is 5.75 Å². The lowest BCUT2D eigenvalue weighted by molar-refractivity contribution is 0.1000. The van der Waals surface area contributed by atoms with Crippen LogP contribution in [-0.4, -0.2) is 36.1 Å². The van der Waals surface area contributed by atoms with E-state index in [9.17, 15) is 9.59 Å². The molecule has 3 aromatic rings. The van der Waals surface area contributed by atoms with Gasteiger partial charge in [-0.1, -0.05) is 6.07 Å². The Bertz CT molecular complexity index is 1170. The van der Waals surface area contributed by atoms with Crippen molar-refractivity contribution in [2.24, 2.45) is 5.73 Å². The molecule has 0 aliphatic carbocycles. The Morgan fingerprint density at radius 3 is 2.78 bits per heavy atom. The van der Waals surface area contributed by atoms with Crippen LogP contribution >= 0.6 is 0 Å². The van der Waals surface area contributed by atoms with Gasteiger partial charge in [0.2, 0.25) is 5.91 Å². The van der Waals surface area contributed by atoms with Crippen LogP contribution in [0.3, 0.4) is 0 Å². The van der Waals surface area contributed by atoms with Crippen molar-refractivity contribution in [2.75, 3.05) is 23.3 Å². The van der Waals surface area contributed by atoms with Gasteiger partial charge in [-0.15, -0.1) is 0 Å². The maximum atomic E-state index is 12.2. The van der Waals surface area contributed by atoms with Crippen molar-refractivity contribution in [1.82, 2.24) is 10.3 Å². The lowest BCUT2D eigenvalue weighted by atomic mass is 10.1. The molecule has 1 fully saturated rings. The summed E-state index contributed by atoms with van der Waals surface area (Å²) < 4.78 is 11.8. The fourth-order valence-electron chi connectivity index (χ4n) is 3.43. The molecule has 4 rings (SSSR count). The molecular weight excluding hydrogens is 410 g/mol. The molecule has 166 valence electrons. The molecule has 0 atom stereocenters. The number of carbonyl (C=O) groups excluding carboxylic acids is 2. The maximum Gasteiger partial charge on any atom is 0.321 e. The number of urea groups is 1. The number of aryl methyl sites for hydroxylation is 1. The van der Waals surface area contributed by atoms with E-state index >= 15 is 0 Å². The topological polar surface area (TPSA) is 123 Å². The van der Waals surface area contributed by atoms with Crippen LogP contribution in [0.1, 0.15) is 29.8 Å². The number of oxazole rings is 1. The summed E-state index contributed by atoms with van der Waals surface area (Å²) in [6.07, 6.45) is 1.57. The van der Waals surface area contributed by atoms with Gasteiger partial charge >= 0.3 is 6.03 Å². The Morgan fingerprint density at radius 1 is 1.28 bits per heavy atom. The Hall–Kier alpha value is -4.01. The minimum absolute atomic E-state index is 0.0297. The Kier molecular flexibility index (Phi) is 5.72. The summed E-state index contributed by atoms with van der Waals surface area (Å²) in [4.78, 5) is 29.6. The number of nitrogens with two attached hydrogens (primary N) is 1. The van der Waals surface area contributed by atoms with Crippen LogP contribution in [0.25, 0.3) is 11.3 Å². The van der Waals surface area contributed by atoms with Crippen LogP contribution in [0.15, 0.2) is 47.0 Å². The SMILES string of the molecule is Cc1ccc(C(N)=O)cc1Nc1ncc(-c2cc(OC(C)C)cc(N3CCNC3=O)c2)o1. The molecule has 0 saturated carbocycles. The predicted octanol–water partition coefficient (Wildman–Crippen LogP) is 3.81. The molecule has 0 unspecified atom stereocenters. The fourth-order valence-corrected chi connectivity index (χ4v) is 3.43. The number of nitrogens with zero attached hydrogens (tertiary/aromatic N) is 2. The van der Waals surface area contributed by atoms with Crippen LogP contribution in [0.2, 0.25) is 0 Å². The number of anilines is 3. The van der Waals surface area contributed by atoms with Gasteiger partial charge in [0.25, 0.3) is 6.01 Å². The summed E-state index contributed by atoms with van der Waals surface area (Å²) in [7, 11) is 0. The van der Waals surface area contributed by atoms with E-state index in [-0.39, 0.29) is 18.1 Å². The quantitative estimate of drug-likeness (QED) is 0.519. The Labute approximate surface area is 185 Å². The average Bonchev–Trinajstić information content (AvgIpc) is 3.38. The first-order valence-corrected chi connectivity index (χ1v) is 10.3. The largest absolute Gasteiger partial charge is 0.491 e. The van der Waals surface area contributed by atoms with Gasteiger partial charge in [-0.05, 0) is 50.6 Å². The minimum Gasteiger partial charge on any atom is -0.491 e. The first kappa shape index (κ1) is 21.2. The number of ether oxygens (including phenoxy) is 1. The summed E-state index contributed by atoms with van der Waals surface area (Å²) in [5.41, 5.74) is 8.78. The maximum absolute atomic E-state index is 12.2. The third-order valence-electron chi connectivity index (χ3n) is 4.99. The molecule has 1 saturated heterocycles. The van der Waals surface area contributed by atoms with Crippen LogP contribution in [-0.2, 0) is 0 Å². The fraction of sp³-hybridized carbons (Fsp3) is 0.261. The summed E-state index contributed by atoms with van der Waals surface area (Å²) >= 11 is 0. The second-order valence-corrected chi connectivity index (χ2v) is 7.81. The highest BCUT2D eigenvalue weighted by Crippen LogP contribution is 2.33. The second-order valence-electron chi connectivity index (χ2n) is 7.81. The summed E-state index contributed by atoms with van der Waals surface area (Å²) in [6.45, 7) is 6.94. The van der Waals surface area contributed by atoms with Crippen LogP contribution < -0.4 is 26.0 Å². The number of benzene rings is 2. The molecule has 2 aromatic carbocycles. The lowest BCUT2D eigenvalue weighted by Gasteiger charge is -2.18. The number of rotatable bonds is 7. The number of amides is 3. The summed E-state index contributed by atoms with van der Waals surface area (Å²) in [5.74, 6) is 0.621. The van der Waals surface area contributed by atoms with Crippen molar-refractivity contribution in [1.29, 1.82) is 0 Å². The third-order valence-corrected chi connectivity index (χ3v) is 4.99. The third kappa shape index (κ3) is 4.51. The van der Waals surface area contributed by atoms with E-state index in [4.69, 9.17) is 14.9 Å². The monoisotopic (exact) mass is 435 g/mol. The van der Waals surface area contributed by atoms with Crippen LogP contribution in [0.5, 0.6) is 5.75 Å². The molecule has 0 radical (unpaired) electrons. The van der Waals surface area contributed by atoms with E-state index < -0.39 is 5.91 Å². The predicted molar refractivity (Wildman–Crippen MR) is 121 cm³/mol. The molecule has 2 heterocycles. The van der Waals surface area contributed by atoms with E-state index in [1.165, 1.54) is 0 Å². The first-order chi connectivity index (χ1) is 15.3. The van der Waals surface area contributed by atoms with Gasteiger partial charge in [-0.25, -0.2) is 9.78 Å². The molecule has 1 aromatic heterocycles. The van der Waals surface area contributed by atoms with E-state index in [2.05, 4.69) is 15.6 Å². The van der Waals surface area contributed by atoms with Crippen molar-refractivity contribution in [3.63, 3.8) is 0 Å². The average molecular weight is 435 g/mol. The molecule has 0 bridgehead atoms. The lowest BCUT2D eigenvalue weighted by Crippen LogP contribution is -2.27. The first-order valence-electron chi connectivity index (χ1n) is 10.3. The number of primary amides is 1. The van der Waals surface area contributed by atoms with E-state index in [0.29, 0.717) is 41.5 Å². The van der Waals surface area contributed by atoms with Crippen molar-refractivity contribution in [2.45, 2.75) is 26.9 Å². The van der Waals surface area contributed by atoms with Gasteiger partial charge in [-0.2, -0.15) is 0 Å². The zero-order chi connectivity index (χ0) is 22.8. The molecule has 9 nitrogen and oxygen atoms in total. The van der Waals surface area contributed by atoms with Crippen molar-refractivity contribution in [3.8, 4) is 17.1 Å². The van der Waals surface area contributed by atoms with Gasteiger partial charge in [-0.3, -0.25) is 9.69 Å². The summed E-state index contributed by atoms with van der Waals surface area (Å²) in [6, 6.07) is 10.8. The van der Waals surface area contributed by atoms with Gasteiger partial charge in [0.15, 0.2) is 5.76 Å². The van der Waals surface area contributed by atoms with Gasteiger partial charge in [0, 0.05) is 41.7 Å². The van der Waals surface area contributed by atoms with Gasteiger partial charge < -0.3 is 25.5 Å². The van der Waals surface area contributed by atoms with Crippen LogP contribution in [0.4, 0.5) is 22.2 Å². The number of hydrogen-bond acceptors (Lipinski definition) is 6. The molecule has 1 aliphatic heterocycles. The highest BCUT2D eigenvalue weighted by Gasteiger charge is 2.23. The van der Waals surface area contributed by atoms with E-state index in [1.807, 2.05) is 39.0 Å². The molecule has 32 heavy (non-hydrogen) atoms. The highest BCUT2D eigenvalue weighted by atomic mass is 16.5. The normalized spacial score (nSPS) is 13.4. The smallest absolute Gasteiger partial charge is 0.321 e. The number of carbonyl (C=O) groups is 2. The summed E-state index contributed by atoms with van der Waals surface area (Å²) in [5, 5.41) is 5.89. The van der Waals surface area contributed by atoms with Crippen LogP contribution in [0, 0.1) is 6.92 Å². The zero-order valence-electron chi connectivity index (χ0n) is 18.1. The molecule has 9 heteroatoms. The molecule has 4 N–H and O–H groups in total. The van der Waals surface area contributed by atoms with Crippen molar-refractivity contribution in [3.05, 3.63) is 53.7 Å². The minimum atomic E-state index is -0.512.